The van der Waals surface area contributed by atoms with Gasteiger partial charge >= 0.3 is 5.97 Å². The van der Waals surface area contributed by atoms with Crippen molar-refractivity contribution in [3.05, 3.63) is 87.5 Å². The Hall–Kier alpha value is -3.45. The Kier molecular flexibility index (Phi) is 8.23. The number of benzene rings is 1. The van der Waals surface area contributed by atoms with Crippen LogP contribution in [0.2, 0.25) is 5.02 Å². The maximum atomic E-state index is 13.6. The smallest absolute Gasteiger partial charge is 0.355 e. The first-order valence-corrected chi connectivity index (χ1v) is 11.5. The number of carbonyl (C=O) groups is 3. The molecule has 2 aromatic heterocycles. The second kappa shape index (κ2) is 11.1. The van der Waals surface area contributed by atoms with Gasteiger partial charge in [0.2, 0.25) is 0 Å². The van der Waals surface area contributed by atoms with Gasteiger partial charge in [-0.2, -0.15) is 0 Å². The Morgan fingerprint density at radius 1 is 1.12 bits per heavy atom. The molecule has 0 aliphatic heterocycles. The summed E-state index contributed by atoms with van der Waals surface area (Å²) in [5, 5.41) is 0.314. The number of halogens is 1. The topological polar surface area (TPSA) is 92.4 Å². The fraction of sp³-hybridized carbons (Fsp3) is 0.308. The number of hydrogen-bond donors (Lipinski definition) is 1. The molecule has 0 aliphatic rings. The Morgan fingerprint density at radius 3 is 2.47 bits per heavy atom. The van der Waals surface area contributed by atoms with E-state index in [1.54, 1.807) is 58.2 Å². The lowest BCUT2D eigenvalue weighted by atomic mass is 9.99. The summed E-state index contributed by atoms with van der Waals surface area (Å²) in [6, 6.07) is 11.5. The zero-order valence-corrected chi connectivity index (χ0v) is 20.5. The van der Waals surface area contributed by atoms with Crippen LogP contribution in [0.4, 0.5) is 0 Å². The minimum absolute atomic E-state index is 0.226. The van der Waals surface area contributed by atoms with E-state index in [4.69, 9.17) is 16.3 Å². The maximum absolute atomic E-state index is 13.6. The van der Waals surface area contributed by atoms with E-state index in [0.717, 1.165) is 5.69 Å². The van der Waals surface area contributed by atoms with Crippen LogP contribution >= 0.6 is 11.6 Å². The Labute approximate surface area is 204 Å². The highest BCUT2D eigenvalue weighted by atomic mass is 35.5. The van der Waals surface area contributed by atoms with Gasteiger partial charge in [0.1, 0.15) is 5.69 Å². The monoisotopic (exact) mass is 481 g/mol. The van der Waals surface area contributed by atoms with Gasteiger partial charge in [-0.15, -0.1) is 0 Å². The van der Waals surface area contributed by atoms with Crippen molar-refractivity contribution in [2.75, 3.05) is 13.2 Å². The summed E-state index contributed by atoms with van der Waals surface area (Å²) in [7, 11) is 0. The Morgan fingerprint density at radius 2 is 1.82 bits per heavy atom. The third-order valence-electron chi connectivity index (χ3n) is 5.71. The van der Waals surface area contributed by atoms with Gasteiger partial charge in [-0.05, 0) is 57.5 Å². The van der Waals surface area contributed by atoms with Gasteiger partial charge < -0.3 is 14.6 Å². The summed E-state index contributed by atoms with van der Waals surface area (Å²) in [6.45, 7) is 7.32. The van der Waals surface area contributed by atoms with Crippen molar-refractivity contribution in [2.45, 2.75) is 40.2 Å². The number of H-pyrrole nitrogens is 1. The van der Waals surface area contributed by atoms with Crippen molar-refractivity contribution in [1.29, 1.82) is 0 Å². The summed E-state index contributed by atoms with van der Waals surface area (Å²) >= 11 is 6.30. The third-order valence-corrected chi connectivity index (χ3v) is 6.04. The van der Waals surface area contributed by atoms with E-state index in [1.165, 1.54) is 4.90 Å². The number of aryl methyl sites for hydroxylation is 1. The van der Waals surface area contributed by atoms with Crippen molar-refractivity contribution >= 4 is 29.3 Å². The van der Waals surface area contributed by atoms with Gasteiger partial charge in [-0.1, -0.05) is 29.8 Å². The van der Waals surface area contributed by atoms with Crippen LogP contribution in [0.5, 0.6) is 0 Å². The number of esters is 1. The van der Waals surface area contributed by atoms with Crippen LogP contribution in [0, 0.1) is 13.8 Å². The largest absolute Gasteiger partial charge is 0.461 e. The first kappa shape index (κ1) is 25.2. The van der Waals surface area contributed by atoms with Crippen molar-refractivity contribution in [1.82, 2.24) is 14.9 Å². The molecule has 34 heavy (non-hydrogen) atoms. The molecule has 2 heterocycles. The van der Waals surface area contributed by atoms with Crippen LogP contribution in [0.1, 0.15) is 62.0 Å². The molecule has 0 radical (unpaired) electrons. The van der Waals surface area contributed by atoms with E-state index in [-0.39, 0.29) is 30.5 Å². The van der Waals surface area contributed by atoms with Crippen LogP contribution in [0.25, 0.3) is 0 Å². The van der Waals surface area contributed by atoms with E-state index in [1.807, 2.05) is 18.2 Å². The number of Topliss-reactive ketones (excluding diaryl/α,β-unsaturated/α-hetero) is 1. The number of carbonyl (C=O) groups excluding carboxylic acids is 3. The number of pyridine rings is 1. The molecule has 0 aliphatic carbocycles. The normalized spacial score (nSPS) is 11.7. The molecule has 0 fully saturated rings. The van der Waals surface area contributed by atoms with Crippen molar-refractivity contribution in [2.24, 2.45) is 0 Å². The zero-order chi connectivity index (χ0) is 24.8. The highest BCUT2D eigenvalue weighted by Gasteiger charge is 2.32. The molecule has 0 saturated carbocycles. The lowest BCUT2D eigenvalue weighted by molar-refractivity contribution is 0.0518. The van der Waals surface area contributed by atoms with Crippen LogP contribution in [0.15, 0.2) is 48.7 Å². The van der Waals surface area contributed by atoms with E-state index < -0.39 is 12.0 Å². The fourth-order valence-electron chi connectivity index (χ4n) is 3.92. The van der Waals surface area contributed by atoms with Crippen molar-refractivity contribution < 1.29 is 19.1 Å². The predicted octanol–water partition coefficient (Wildman–Crippen LogP) is 4.81. The van der Waals surface area contributed by atoms with Crippen LogP contribution in [0.3, 0.4) is 0 Å². The van der Waals surface area contributed by atoms with E-state index in [2.05, 4.69) is 9.97 Å². The van der Waals surface area contributed by atoms with E-state index in [0.29, 0.717) is 33.8 Å². The second-order valence-electron chi connectivity index (χ2n) is 7.94. The molecule has 1 N–H and O–H groups in total. The van der Waals surface area contributed by atoms with Gasteiger partial charge in [0.05, 0.1) is 23.2 Å². The Bertz CT molecular complexity index is 1190. The summed E-state index contributed by atoms with van der Waals surface area (Å²) in [5.41, 5.74) is 2.80. The van der Waals surface area contributed by atoms with Gasteiger partial charge in [-0.25, -0.2) is 4.79 Å². The van der Waals surface area contributed by atoms with Crippen LogP contribution in [-0.2, 0) is 11.2 Å². The summed E-state index contributed by atoms with van der Waals surface area (Å²) < 4.78 is 5.09. The number of aromatic amines is 1. The average molecular weight is 482 g/mol. The fourth-order valence-corrected chi connectivity index (χ4v) is 4.14. The molecule has 1 amide bonds. The van der Waals surface area contributed by atoms with E-state index in [9.17, 15) is 14.4 Å². The molecule has 0 saturated heterocycles. The summed E-state index contributed by atoms with van der Waals surface area (Å²) in [6.07, 6.45) is 2.15. The van der Waals surface area contributed by atoms with Gasteiger partial charge in [-0.3, -0.25) is 14.6 Å². The molecule has 3 aromatic rings. The maximum Gasteiger partial charge on any atom is 0.355 e. The second-order valence-corrected chi connectivity index (χ2v) is 8.34. The number of hydrogen-bond acceptors (Lipinski definition) is 5. The number of nitrogens with zero attached hydrogens (tertiary/aromatic N) is 2. The number of amides is 1. The molecule has 0 bridgehead atoms. The SMILES string of the molecule is CCOC(=O)c1[nH]c(C)c(C(=O)C(C)N(CCc2ccccn2)C(=O)c2ccccc2Cl)c1C. The molecule has 1 aromatic carbocycles. The average Bonchev–Trinajstić information content (AvgIpc) is 3.13. The van der Waals surface area contributed by atoms with Crippen molar-refractivity contribution in [3.63, 3.8) is 0 Å². The lowest BCUT2D eigenvalue weighted by Gasteiger charge is -2.29. The standard InChI is InChI=1S/C26H28ClN3O4/c1-5-34-26(33)23-16(2)22(17(3)29-23)24(31)18(4)30(15-13-19-10-8-9-14-28-19)25(32)20-11-6-7-12-21(20)27/h6-12,14,18,29H,5,13,15H2,1-4H3. The van der Waals surface area contributed by atoms with Crippen LogP contribution < -0.4 is 0 Å². The molecule has 7 nitrogen and oxygen atoms in total. The number of nitrogens with one attached hydrogen (secondary N) is 1. The predicted molar refractivity (Wildman–Crippen MR) is 130 cm³/mol. The molecular formula is C26H28ClN3O4. The third kappa shape index (κ3) is 5.37. The minimum atomic E-state index is -0.810. The molecule has 3 rings (SSSR count). The van der Waals surface area contributed by atoms with Crippen molar-refractivity contribution in [3.8, 4) is 0 Å². The van der Waals surface area contributed by atoms with Gasteiger partial charge in [0.25, 0.3) is 5.91 Å². The summed E-state index contributed by atoms with van der Waals surface area (Å²) in [5.74, 6) is -1.14. The number of aromatic nitrogens is 2. The minimum Gasteiger partial charge on any atom is -0.461 e. The van der Waals surface area contributed by atoms with Gasteiger partial charge in [0.15, 0.2) is 5.78 Å². The first-order valence-electron chi connectivity index (χ1n) is 11.1. The molecule has 1 unspecified atom stereocenters. The lowest BCUT2D eigenvalue weighted by Crippen LogP contribution is -2.44. The van der Waals surface area contributed by atoms with E-state index >= 15 is 0 Å². The molecule has 178 valence electrons. The number of ketones is 1. The highest BCUT2D eigenvalue weighted by Crippen LogP contribution is 2.24. The molecule has 0 spiro atoms. The first-order chi connectivity index (χ1) is 16.3. The summed E-state index contributed by atoms with van der Waals surface area (Å²) in [4.78, 5) is 48.3. The molecule has 1 atom stereocenters. The quantitative estimate of drug-likeness (QED) is 0.349. The zero-order valence-electron chi connectivity index (χ0n) is 19.7. The van der Waals surface area contributed by atoms with Crippen LogP contribution in [-0.4, -0.2) is 51.7 Å². The highest BCUT2D eigenvalue weighted by molar-refractivity contribution is 6.33. The van der Waals surface area contributed by atoms with Gasteiger partial charge in [0, 0.05) is 36.1 Å². The number of ether oxygens (including phenoxy) is 1. The number of rotatable bonds is 9. The Balaban J connectivity index is 1.95. The molecule has 8 heteroatoms. The molecular weight excluding hydrogens is 454 g/mol.